The molecule has 9 nitrogen and oxygen atoms in total. The Balaban J connectivity index is 1.75. The molecule has 0 bridgehead atoms. The van der Waals surface area contributed by atoms with Gasteiger partial charge >= 0.3 is 5.97 Å². The molecular weight excluding hydrogens is 585 g/mol. The van der Waals surface area contributed by atoms with E-state index >= 15 is 0 Å². The molecule has 0 aliphatic carbocycles. The van der Waals surface area contributed by atoms with E-state index in [4.69, 9.17) is 27.9 Å². The zero-order valence-corrected chi connectivity index (χ0v) is 24.2. The lowest BCUT2D eigenvalue weighted by Gasteiger charge is -2.24. The number of esters is 1. The van der Waals surface area contributed by atoms with Gasteiger partial charge in [0.2, 0.25) is 0 Å². The highest BCUT2D eigenvalue weighted by Gasteiger charge is 2.29. The predicted octanol–water partition coefficient (Wildman–Crippen LogP) is 5.27. The van der Waals surface area contributed by atoms with E-state index in [1.807, 2.05) is 6.92 Å². The molecular formula is C26H25Cl2N3O6S2. The Morgan fingerprint density at radius 3 is 2.31 bits per heavy atom. The molecule has 0 atom stereocenters. The Morgan fingerprint density at radius 1 is 0.974 bits per heavy atom. The molecule has 0 aliphatic heterocycles. The lowest BCUT2D eigenvalue weighted by molar-refractivity contribution is -0.141. The van der Waals surface area contributed by atoms with Crippen LogP contribution >= 0.6 is 23.2 Å². The van der Waals surface area contributed by atoms with Crippen molar-refractivity contribution in [2.45, 2.75) is 29.6 Å². The van der Waals surface area contributed by atoms with Crippen LogP contribution in [0, 0.1) is 0 Å². The summed E-state index contributed by atoms with van der Waals surface area (Å²) < 4.78 is 58.9. The van der Waals surface area contributed by atoms with Gasteiger partial charge in [-0.2, -0.15) is 0 Å². The number of carbonyl (C=O) groups is 1. The highest BCUT2D eigenvalue weighted by molar-refractivity contribution is 7.93. The average molecular weight is 611 g/mol. The molecule has 2 aromatic heterocycles. The van der Waals surface area contributed by atoms with Crippen LogP contribution in [0.25, 0.3) is 16.7 Å². The lowest BCUT2D eigenvalue weighted by Crippen LogP contribution is -2.36. The van der Waals surface area contributed by atoms with Gasteiger partial charge < -0.3 is 9.30 Å². The number of carbonyl (C=O) groups excluding carboxylic acids is 1. The molecule has 0 saturated heterocycles. The van der Waals surface area contributed by atoms with Gasteiger partial charge in [0.1, 0.15) is 12.4 Å². The number of sulfone groups is 1. The fourth-order valence-electron chi connectivity index (χ4n) is 3.83. The van der Waals surface area contributed by atoms with Crippen molar-refractivity contribution in [2.24, 2.45) is 0 Å². The van der Waals surface area contributed by atoms with Gasteiger partial charge in [0, 0.05) is 34.1 Å². The first-order valence-electron chi connectivity index (χ1n) is 11.8. The Kier molecular flexibility index (Phi) is 8.55. The van der Waals surface area contributed by atoms with Gasteiger partial charge in [-0.25, -0.2) is 21.8 Å². The number of hydrogen-bond donors (Lipinski definition) is 0. The number of benzene rings is 2. The minimum Gasteiger partial charge on any atom is -0.464 e. The third-order valence-corrected chi connectivity index (χ3v) is 9.10. The van der Waals surface area contributed by atoms with Gasteiger partial charge in [-0.1, -0.05) is 36.5 Å². The van der Waals surface area contributed by atoms with Crippen molar-refractivity contribution in [1.82, 2.24) is 9.55 Å². The van der Waals surface area contributed by atoms with Crippen LogP contribution in [0.5, 0.6) is 0 Å². The Bertz CT molecular complexity index is 1720. The molecule has 0 N–H and O–H groups in total. The Labute approximate surface area is 236 Å². The molecule has 0 aliphatic rings. The van der Waals surface area contributed by atoms with Gasteiger partial charge in [0.05, 0.1) is 27.6 Å². The number of anilines is 1. The minimum absolute atomic E-state index is 0.0952. The van der Waals surface area contributed by atoms with Crippen LogP contribution in [0.3, 0.4) is 0 Å². The van der Waals surface area contributed by atoms with Gasteiger partial charge in [-0.05, 0) is 61.0 Å². The quantitative estimate of drug-likeness (QED) is 0.177. The molecule has 4 aromatic rings. The van der Waals surface area contributed by atoms with E-state index in [1.165, 1.54) is 30.5 Å². The minimum atomic E-state index is -4.27. The van der Waals surface area contributed by atoms with Crippen molar-refractivity contribution in [3.8, 4) is 5.82 Å². The normalized spacial score (nSPS) is 12.0. The molecule has 13 heteroatoms. The van der Waals surface area contributed by atoms with E-state index < -0.39 is 32.4 Å². The molecule has 0 spiro atoms. The van der Waals surface area contributed by atoms with Crippen LogP contribution in [0.2, 0.25) is 10.0 Å². The van der Waals surface area contributed by atoms with Gasteiger partial charge in [0.15, 0.2) is 9.84 Å². The topological polar surface area (TPSA) is 116 Å². The largest absolute Gasteiger partial charge is 0.464 e. The first-order valence-corrected chi connectivity index (χ1v) is 15.9. The number of rotatable bonds is 10. The molecule has 39 heavy (non-hydrogen) atoms. The SMILES string of the molecule is CCCCOC(=O)CN(c1ccc2c(ccn2-c2ccc(S(C)(=O)=O)cn2)c1)S(=O)(=O)c1cc(Cl)cc(Cl)c1. The molecule has 2 aromatic carbocycles. The van der Waals surface area contributed by atoms with E-state index in [2.05, 4.69) is 4.98 Å². The van der Waals surface area contributed by atoms with Crippen LogP contribution in [0.15, 0.2) is 76.8 Å². The highest BCUT2D eigenvalue weighted by atomic mass is 35.5. The van der Waals surface area contributed by atoms with E-state index in [9.17, 15) is 21.6 Å². The third-order valence-electron chi connectivity index (χ3n) is 5.82. The summed E-state index contributed by atoms with van der Waals surface area (Å²) in [5, 5.41) is 0.923. The van der Waals surface area contributed by atoms with Gasteiger partial charge in [-0.15, -0.1) is 0 Å². The number of nitrogens with zero attached hydrogens (tertiary/aromatic N) is 3. The highest BCUT2D eigenvalue weighted by Crippen LogP contribution is 2.31. The number of halogens is 2. The first kappa shape index (κ1) is 28.9. The molecule has 0 amide bonds. The summed E-state index contributed by atoms with van der Waals surface area (Å²) >= 11 is 12.1. The van der Waals surface area contributed by atoms with Crippen LogP contribution in [-0.4, -0.2) is 51.8 Å². The standard InChI is InChI=1S/C26H25Cl2N3O6S2/c1-3-4-11-37-26(32)17-31(39(35,36)23-14-19(27)13-20(28)15-23)21-5-7-24-18(12-21)9-10-30(24)25-8-6-22(16-29-25)38(2,33)34/h5-10,12-16H,3-4,11,17H2,1-2H3. The van der Waals surface area contributed by atoms with Crippen LogP contribution < -0.4 is 4.31 Å². The van der Waals surface area contributed by atoms with Crippen molar-refractivity contribution in [3.05, 3.63) is 77.0 Å². The average Bonchev–Trinajstić information content (AvgIpc) is 3.29. The molecule has 0 unspecified atom stereocenters. The van der Waals surface area contributed by atoms with Crippen molar-refractivity contribution in [1.29, 1.82) is 0 Å². The Morgan fingerprint density at radius 2 is 1.69 bits per heavy atom. The number of fused-ring (bicyclic) bond motifs is 1. The maximum absolute atomic E-state index is 13.7. The van der Waals surface area contributed by atoms with Crippen LogP contribution in [0.1, 0.15) is 19.8 Å². The fraction of sp³-hybridized carbons (Fsp3) is 0.231. The van der Waals surface area contributed by atoms with Crippen molar-refractivity contribution in [2.75, 3.05) is 23.7 Å². The Hall–Kier alpha value is -3.12. The summed E-state index contributed by atoms with van der Waals surface area (Å²) in [6.07, 6.45) is 5.58. The summed E-state index contributed by atoms with van der Waals surface area (Å²) in [4.78, 5) is 16.8. The summed E-state index contributed by atoms with van der Waals surface area (Å²) in [6.45, 7) is 1.57. The van der Waals surface area contributed by atoms with Gasteiger partial charge in [-0.3, -0.25) is 9.10 Å². The number of hydrogen-bond acceptors (Lipinski definition) is 7. The summed E-state index contributed by atoms with van der Waals surface area (Å²) in [5.41, 5.74) is 0.913. The van der Waals surface area contributed by atoms with E-state index in [-0.39, 0.29) is 32.1 Å². The molecule has 0 saturated carbocycles. The zero-order valence-electron chi connectivity index (χ0n) is 21.0. The molecule has 0 radical (unpaired) electrons. The van der Waals surface area contributed by atoms with Crippen molar-refractivity contribution >= 4 is 65.6 Å². The second-order valence-electron chi connectivity index (χ2n) is 8.74. The number of unbranched alkanes of at least 4 members (excludes halogenated alkanes) is 1. The number of sulfonamides is 1. The van der Waals surface area contributed by atoms with E-state index in [0.29, 0.717) is 23.1 Å². The zero-order chi connectivity index (χ0) is 28.4. The lowest BCUT2D eigenvalue weighted by atomic mass is 10.2. The molecule has 2 heterocycles. The molecule has 206 valence electrons. The monoisotopic (exact) mass is 609 g/mol. The molecule has 4 rings (SSSR count). The fourth-order valence-corrected chi connectivity index (χ4v) is 6.52. The summed E-state index contributed by atoms with van der Waals surface area (Å²) in [6, 6.07) is 13.6. The summed E-state index contributed by atoms with van der Waals surface area (Å²) in [7, 11) is -7.66. The smallest absolute Gasteiger partial charge is 0.326 e. The van der Waals surface area contributed by atoms with Crippen LogP contribution in [0.4, 0.5) is 5.69 Å². The first-order chi connectivity index (χ1) is 18.4. The molecule has 0 fully saturated rings. The number of ether oxygens (including phenoxy) is 1. The maximum Gasteiger partial charge on any atom is 0.326 e. The number of pyridine rings is 1. The van der Waals surface area contributed by atoms with E-state index in [0.717, 1.165) is 17.0 Å². The number of aromatic nitrogens is 2. The van der Waals surface area contributed by atoms with Crippen molar-refractivity contribution < 1.29 is 26.4 Å². The second kappa shape index (κ2) is 11.5. The second-order valence-corrected chi connectivity index (χ2v) is 13.5. The van der Waals surface area contributed by atoms with Crippen molar-refractivity contribution in [3.63, 3.8) is 0 Å². The maximum atomic E-state index is 13.7. The summed E-state index contributed by atoms with van der Waals surface area (Å²) in [5.74, 6) is -0.226. The third kappa shape index (κ3) is 6.55. The van der Waals surface area contributed by atoms with Gasteiger partial charge in [0.25, 0.3) is 10.0 Å². The van der Waals surface area contributed by atoms with E-state index in [1.54, 1.807) is 41.1 Å². The predicted molar refractivity (Wildman–Crippen MR) is 151 cm³/mol. The van der Waals surface area contributed by atoms with Crippen LogP contribution in [-0.2, 0) is 29.4 Å².